The zero-order valence-corrected chi connectivity index (χ0v) is 21.7. The lowest BCUT2D eigenvalue weighted by Gasteiger charge is -2.29. The number of nitrogens with zero attached hydrogens (tertiary/aromatic N) is 1. The summed E-state index contributed by atoms with van der Waals surface area (Å²) < 4.78 is 64.6. The highest BCUT2D eigenvalue weighted by atomic mass is 35.5. The summed E-state index contributed by atoms with van der Waals surface area (Å²) in [6.45, 7) is 1.65. The maximum Gasteiger partial charge on any atom is 0.175 e. The van der Waals surface area contributed by atoms with Gasteiger partial charge in [-0.25, -0.2) is 22.2 Å². The van der Waals surface area contributed by atoms with Crippen molar-refractivity contribution in [3.63, 3.8) is 0 Å². The lowest BCUT2D eigenvalue weighted by Crippen LogP contribution is -2.38. The minimum Gasteiger partial charge on any atom is -0.490 e. The van der Waals surface area contributed by atoms with Gasteiger partial charge in [-0.1, -0.05) is 23.7 Å². The molecule has 37 heavy (non-hydrogen) atoms. The molecule has 0 amide bonds. The molecule has 0 aliphatic carbocycles. The van der Waals surface area contributed by atoms with Crippen molar-refractivity contribution in [3.8, 4) is 17.0 Å². The molecule has 2 heterocycles. The minimum atomic E-state index is -3.60. The number of pyridine rings is 1. The van der Waals surface area contributed by atoms with Crippen LogP contribution in [0.4, 0.5) is 8.78 Å². The number of benzene rings is 2. The molecule has 1 aliphatic heterocycles. The number of rotatable bonds is 8. The van der Waals surface area contributed by atoms with E-state index in [-0.39, 0.29) is 58.1 Å². The summed E-state index contributed by atoms with van der Waals surface area (Å²) in [5, 5.41) is 11.5. The van der Waals surface area contributed by atoms with Crippen LogP contribution in [0.25, 0.3) is 11.3 Å². The molecule has 0 unspecified atom stereocenters. The highest BCUT2D eigenvalue weighted by molar-refractivity contribution is 7.90. The fraction of sp³-hybridized carbons (Fsp3) is 0.320. The normalized spacial score (nSPS) is 18.8. The number of sulfone groups is 1. The van der Waals surface area contributed by atoms with Crippen LogP contribution in [0.5, 0.6) is 5.75 Å². The molecular formula is C25H26ClF2N3O5S. The van der Waals surface area contributed by atoms with E-state index in [0.29, 0.717) is 11.6 Å². The van der Waals surface area contributed by atoms with Crippen LogP contribution in [-0.2, 0) is 25.6 Å². The summed E-state index contributed by atoms with van der Waals surface area (Å²) in [5.41, 5.74) is 9.29. The van der Waals surface area contributed by atoms with Crippen LogP contribution in [0.1, 0.15) is 23.7 Å². The Labute approximate surface area is 218 Å². The van der Waals surface area contributed by atoms with E-state index in [9.17, 15) is 17.9 Å². The standard InChI is InChI=1S/C25H26ClF2N3O5S/c1-24(11-35-13-30)12-36-23-17(24)8-21(31-22(23)16-7-18(26)20(28)9-19(16)27)25(32,10-29)14-4-3-5-15(6-14)37(2,33)34/h3-9,32H,10-13,29-30H2,1-2H3/t24-,25+/m0/s1. The second-order valence-electron chi connectivity index (χ2n) is 9.21. The number of halogens is 3. The first kappa shape index (κ1) is 27.4. The highest BCUT2D eigenvalue weighted by Gasteiger charge is 2.43. The van der Waals surface area contributed by atoms with Gasteiger partial charge in [0.2, 0.25) is 0 Å². The van der Waals surface area contributed by atoms with Gasteiger partial charge in [-0.3, -0.25) is 0 Å². The maximum absolute atomic E-state index is 15.0. The Balaban J connectivity index is 2.01. The van der Waals surface area contributed by atoms with Crippen molar-refractivity contribution in [1.82, 2.24) is 4.98 Å². The molecule has 1 aromatic heterocycles. The van der Waals surface area contributed by atoms with Crippen LogP contribution >= 0.6 is 11.6 Å². The smallest absolute Gasteiger partial charge is 0.175 e. The molecule has 0 saturated heterocycles. The fourth-order valence-electron chi connectivity index (χ4n) is 4.29. The third kappa shape index (κ3) is 4.95. The van der Waals surface area contributed by atoms with Gasteiger partial charge >= 0.3 is 0 Å². The lowest BCUT2D eigenvalue weighted by molar-refractivity contribution is 0.0807. The van der Waals surface area contributed by atoms with E-state index in [1.165, 1.54) is 24.3 Å². The zero-order valence-electron chi connectivity index (χ0n) is 20.1. The molecule has 8 nitrogen and oxygen atoms in total. The third-order valence-electron chi connectivity index (χ3n) is 6.42. The average Bonchev–Trinajstić information content (AvgIpc) is 3.20. The first-order valence-electron chi connectivity index (χ1n) is 11.2. The van der Waals surface area contributed by atoms with E-state index in [2.05, 4.69) is 4.98 Å². The van der Waals surface area contributed by atoms with Crippen molar-refractivity contribution in [2.24, 2.45) is 11.5 Å². The topological polar surface area (TPSA) is 138 Å². The zero-order chi connectivity index (χ0) is 27.2. The molecule has 5 N–H and O–H groups in total. The van der Waals surface area contributed by atoms with Crippen LogP contribution in [0.2, 0.25) is 5.02 Å². The summed E-state index contributed by atoms with van der Waals surface area (Å²) in [4.78, 5) is 4.48. The van der Waals surface area contributed by atoms with Crippen molar-refractivity contribution in [1.29, 1.82) is 0 Å². The third-order valence-corrected chi connectivity index (χ3v) is 7.82. The quantitative estimate of drug-likeness (QED) is 0.286. The number of nitrogens with two attached hydrogens (primary N) is 2. The Morgan fingerprint density at radius 3 is 2.59 bits per heavy atom. The SMILES string of the molecule is C[C@]1(COCN)COc2c1cc([C@@](O)(CN)c1cccc(S(C)(=O)=O)c1)nc2-c1cc(Cl)c(F)cc1F. The van der Waals surface area contributed by atoms with Gasteiger partial charge in [-0.2, -0.15) is 0 Å². The van der Waals surface area contributed by atoms with Gasteiger partial charge in [-0.05, 0) is 36.8 Å². The molecule has 2 aromatic carbocycles. The Morgan fingerprint density at radius 1 is 1.22 bits per heavy atom. The monoisotopic (exact) mass is 553 g/mol. The number of aliphatic hydroxyl groups is 1. The predicted molar refractivity (Wildman–Crippen MR) is 134 cm³/mol. The molecule has 3 aromatic rings. The van der Waals surface area contributed by atoms with Crippen molar-refractivity contribution in [2.45, 2.75) is 22.8 Å². The molecular weight excluding hydrogens is 528 g/mol. The fourth-order valence-corrected chi connectivity index (χ4v) is 5.12. The van der Waals surface area contributed by atoms with Gasteiger partial charge in [0.1, 0.15) is 35.3 Å². The van der Waals surface area contributed by atoms with E-state index >= 15 is 4.39 Å². The molecule has 4 rings (SSSR count). The predicted octanol–water partition coefficient (Wildman–Crippen LogP) is 2.86. The van der Waals surface area contributed by atoms with Gasteiger partial charge in [0.25, 0.3) is 0 Å². The van der Waals surface area contributed by atoms with Gasteiger partial charge in [-0.15, -0.1) is 0 Å². The Hall–Kier alpha value is -2.67. The van der Waals surface area contributed by atoms with Crippen molar-refractivity contribution in [2.75, 3.05) is 32.7 Å². The summed E-state index contributed by atoms with van der Waals surface area (Å²) in [5.74, 6) is -1.69. The van der Waals surface area contributed by atoms with E-state index in [0.717, 1.165) is 12.3 Å². The van der Waals surface area contributed by atoms with Crippen LogP contribution < -0.4 is 16.2 Å². The average molecular weight is 554 g/mol. The number of hydrogen-bond acceptors (Lipinski definition) is 8. The molecule has 0 spiro atoms. The molecule has 198 valence electrons. The summed E-state index contributed by atoms with van der Waals surface area (Å²) in [6, 6.07) is 8.96. The number of hydrogen-bond donors (Lipinski definition) is 3. The molecule has 0 bridgehead atoms. The molecule has 0 fully saturated rings. The van der Waals surface area contributed by atoms with Crippen LogP contribution in [0.15, 0.2) is 47.4 Å². The molecule has 12 heteroatoms. The van der Waals surface area contributed by atoms with E-state index in [1.807, 2.05) is 6.92 Å². The molecule has 1 aliphatic rings. The van der Waals surface area contributed by atoms with E-state index < -0.39 is 39.0 Å². The van der Waals surface area contributed by atoms with Crippen molar-refractivity contribution >= 4 is 21.4 Å². The van der Waals surface area contributed by atoms with Crippen molar-refractivity contribution < 1.29 is 31.8 Å². The molecule has 0 saturated carbocycles. The van der Waals surface area contributed by atoms with Crippen LogP contribution in [-0.4, -0.2) is 51.3 Å². The van der Waals surface area contributed by atoms with Gasteiger partial charge < -0.3 is 26.0 Å². The maximum atomic E-state index is 15.0. The number of aromatic nitrogens is 1. The van der Waals surface area contributed by atoms with Crippen LogP contribution in [0, 0.1) is 11.6 Å². The Bertz CT molecular complexity index is 1470. The number of fused-ring (bicyclic) bond motifs is 1. The highest BCUT2D eigenvalue weighted by Crippen LogP contribution is 2.47. The molecule has 0 radical (unpaired) electrons. The van der Waals surface area contributed by atoms with E-state index in [4.69, 9.17) is 32.5 Å². The second-order valence-corrected chi connectivity index (χ2v) is 11.6. The van der Waals surface area contributed by atoms with E-state index in [1.54, 1.807) is 6.07 Å². The van der Waals surface area contributed by atoms with Gasteiger partial charge in [0.05, 0.1) is 34.4 Å². The first-order chi connectivity index (χ1) is 17.3. The van der Waals surface area contributed by atoms with Crippen molar-refractivity contribution in [3.05, 3.63) is 75.9 Å². The minimum absolute atomic E-state index is 0.00118. The molecule has 2 atom stereocenters. The van der Waals surface area contributed by atoms with Gasteiger partial charge in [0, 0.05) is 30.0 Å². The Kier molecular flexibility index (Phi) is 7.32. The summed E-state index contributed by atoms with van der Waals surface area (Å²) in [6.07, 6.45) is 1.04. The van der Waals surface area contributed by atoms with Gasteiger partial charge in [0.15, 0.2) is 9.84 Å². The first-order valence-corrected chi connectivity index (χ1v) is 13.5. The largest absolute Gasteiger partial charge is 0.490 e. The summed E-state index contributed by atoms with van der Waals surface area (Å²) >= 11 is 5.95. The summed E-state index contributed by atoms with van der Waals surface area (Å²) in [7, 11) is -3.60. The Morgan fingerprint density at radius 2 is 1.95 bits per heavy atom. The lowest BCUT2D eigenvalue weighted by atomic mass is 9.81. The number of ether oxygens (including phenoxy) is 2. The van der Waals surface area contributed by atoms with Crippen LogP contribution in [0.3, 0.4) is 0 Å². The second kappa shape index (κ2) is 9.90.